The van der Waals surface area contributed by atoms with Crippen LogP contribution in [-0.2, 0) is 0 Å². The fraction of sp³-hybridized carbons (Fsp3) is 0. The van der Waals surface area contributed by atoms with Crippen LogP contribution in [0.15, 0.2) is 211 Å². The van der Waals surface area contributed by atoms with Gasteiger partial charge in [-0.15, -0.1) is 0 Å². The zero-order valence-corrected chi connectivity index (χ0v) is 29.9. The molecule has 2 heterocycles. The van der Waals surface area contributed by atoms with Crippen molar-refractivity contribution in [3.63, 3.8) is 0 Å². The number of nitrogens with zero attached hydrogens (tertiary/aromatic N) is 2. The standard InChI is InChI=1S/C52H34N2O/c1-3-12-35(13-4-1)36-22-28-41(29-23-36)53(48-20-11-21-49-52(48)51-43-17-8-7-14-38(43)27-33-50(51)55-49)42-30-24-37(25-31-42)39-26-32-47-45(34-39)44-18-9-10-19-46(44)54(47)40-15-5-2-6-16-40/h1-34H. The number of rotatable bonds is 6. The van der Waals surface area contributed by atoms with Crippen LogP contribution in [0.1, 0.15) is 0 Å². The molecule has 11 rings (SSSR count). The van der Waals surface area contributed by atoms with Gasteiger partial charge in [0.15, 0.2) is 0 Å². The third-order valence-corrected chi connectivity index (χ3v) is 11.0. The van der Waals surface area contributed by atoms with Gasteiger partial charge >= 0.3 is 0 Å². The van der Waals surface area contributed by atoms with Gasteiger partial charge in [0.25, 0.3) is 0 Å². The third-order valence-electron chi connectivity index (χ3n) is 11.0. The van der Waals surface area contributed by atoms with Gasteiger partial charge in [-0.2, -0.15) is 0 Å². The fourth-order valence-electron chi connectivity index (χ4n) is 8.43. The molecule has 0 N–H and O–H groups in total. The molecular weight excluding hydrogens is 669 g/mol. The molecule has 0 amide bonds. The molecule has 2 aromatic heterocycles. The Morgan fingerprint density at radius 1 is 0.364 bits per heavy atom. The highest BCUT2D eigenvalue weighted by atomic mass is 16.3. The molecule has 0 saturated carbocycles. The van der Waals surface area contributed by atoms with E-state index in [4.69, 9.17) is 4.42 Å². The van der Waals surface area contributed by atoms with E-state index in [1.165, 1.54) is 54.8 Å². The Kier molecular flexibility index (Phi) is 7.17. The van der Waals surface area contributed by atoms with E-state index in [0.29, 0.717) is 0 Å². The van der Waals surface area contributed by atoms with Crippen LogP contribution in [-0.4, -0.2) is 4.57 Å². The van der Waals surface area contributed by atoms with Crippen molar-refractivity contribution in [2.45, 2.75) is 0 Å². The Balaban J connectivity index is 1.07. The van der Waals surface area contributed by atoms with Crippen LogP contribution in [0.2, 0.25) is 0 Å². The van der Waals surface area contributed by atoms with E-state index in [-0.39, 0.29) is 0 Å². The summed E-state index contributed by atoms with van der Waals surface area (Å²) in [6.45, 7) is 0. The maximum Gasteiger partial charge on any atom is 0.137 e. The van der Waals surface area contributed by atoms with Crippen LogP contribution in [0.3, 0.4) is 0 Å². The van der Waals surface area contributed by atoms with E-state index < -0.39 is 0 Å². The highest BCUT2D eigenvalue weighted by Crippen LogP contribution is 2.45. The molecule has 0 radical (unpaired) electrons. The van der Waals surface area contributed by atoms with E-state index >= 15 is 0 Å². The topological polar surface area (TPSA) is 21.3 Å². The van der Waals surface area contributed by atoms with Gasteiger partial charge in [0.1, 0.15) is 11.2 Å². The zero-order valence-electron chi connectivity index (χ0n) is 29.9. The van der Waals surface area contributed by atoms with Crippen molar-refractivity contribution in [2.24, 2.45) is 0 Å². The molecule has 55 heavy (non-hydrogen) atoms. The Morgan fingerprint density at radius 3 is 1.71 bits per heavy atom. The van der Waals surface area contributed by atoms with E-state index in [2.05, 4.69) is 216 Å². The predicted molar refractivity (Wildman–Crippen MR) is 231 cm³/mol. The molecule has 0 aliphatic rings. The van der Waals surface area contributed by atoms with E-state index in [1.54, 1.807) is 0 Å². The van der Waals surface area contributed by atoms with Gasteiger partial charge in [0.05, 0.1) is 22.1 Å². The third kappa shape index (κ3) is 5.13. The van der Waals surface area contributed by atoms with E-state index in [0.717, 1.165) is 44.7 Å². The maximum absolute atomic E-state index is 6.54. The van der Waals surface area contributed by atoms with Gasteiger partial charge in [0, 0.05) is 33.2 Å². The summed E-state index contributed by atoms with van der Waals surface area (Å²) in [4.78, 5) is 2.37. The summed E-state index contributed by atoms with van der Waals surface area (Å²) in [5, 5.41) is 7.11. The second kappa shape index (κ2) is 12.6. The van der Waals surface area contributed by atoms with Crippen molar-refractivity contribution in [3.05, 3.63) is 206 Å². The van der Waals surface area contributed by atoms with Crippen molar-refractivity contribution < 1.29 is 4.42 Å². The van der Waals surface area contributed by atoms with Gasteiger partial charge in [-0.05, 0) is 106 Å². The molecule has 9 aromatic carbocycles. The summed E-state index contributed by atoms with van der Waals surface area (Å²) in [5.41, 5.74) is 13.3. The Morgan fingerprint density at radius 2 is 0.945 bits per heavy atom. The first-order valence-corrected chi connectivity index (χ1v) is 18.8. The quantitative estimate of drug-likeness (QED) is 0.172. The number of furan rings is 1. The van der Waals surface area contributed by atoms with Crippen molar-refractivity contribution in [1.82, 2.24) is 4.57 Å². The maximum atomic E-state index is 6.54. The highest BCUT2D eigenvalue weighted by molar-refractivity contribution is 6.23. The van der Waals surface area contributed by atoms with Crippen LogP contribution in [0.4, 0.5) is 17.1 Å². The zero-order chi connectivity index (χ0) is 36.3. The number of hydrogen-bond acceptors (Lipinski definition) is 2. The van der Waals surface area contributed by atoms with Gasteiger partial charge in [-0.1, -0.05) is 133 Å². The van der Waals surface area contributed by atoms with Gasteiger partial charge < -0.3 is 13.9 Å². The van der Waals surface area contributed by atoms with E-state index in [9.17, 15) is 0 Å². The monoisotopic (exact) mass is 702 g/mol. The number of fused-ring (bicyclic) bond motifs is 8. The van der Waals surface area contributed by atoms with Crippen LogP contribution in [0, 0.1) is 0 Å². The van der Waals surface area contributed by atoms with Crippen molar-refractivity contribution in [2.75, 3.05) is 4.90 Å². The molecule has 0 fully saturated rings. The van der Waals surface area contributed by atoms with Gasteiger partial charge in [-0.25, -0.2) is 0 Å². The van der Waals surface area contributed by atoms with Crippen LogP contribution >= 0.6 is 0 Å². The minimum atomic E-state index is 0.870. The average molecular weight is 703 g/mol. The first-order valence-electron chi connectivity index (χ1n) is 18.8. The first-order chi connectivity index (χ1) is 27.3. The lowest BCUT2D eigenvalue weighted by atomic mass is 10.0. The summed E-state index contributed by atoms with van der Waals surface area (Å²) in [6.07, 6.45) is 0. The van der Waals surface area contributed by atoms with Gasteiger partial charge in [0.2, 0.25) is 0 Å². The normalized spacial score (nSPS) is 11.6. The molecule has 3 nitrogen and oxygen atoms in total. The van der Waals surface area contributed by atoms with Crippen molar-refractivity contribution in [3.8, 4) is 27.9 Å². The summed E-state index contributed by atoms with van der Waals surface area (Å²) >= 11 is 0. The second-order valence-electron chi connectivity index (χ2n) is 14.1. The Labute approximate surface area is 318 Å². The lowest BCUT2D eigenvalue weighted by molar-refractivity contribution is 0.669. The molecule has 0 saturated heterocycles. The molecule has 0 bridgehead atoms. The van der Waals surface area contributed by atoms with Crippen LogP contribution in [0.5, 0.6) is 0 Å². The second-order valence-corrected chi connectivity index (χ2v) is 14.1. The minimum Gasteiger partial charge on any atom is -0.456 e. The number of hydrogen-bond donors (Lipinski definition) is 0. The first kappa shape index (κ1) is 31.2. The summed E-state index contributed by atoms with van der Waals surface area (Å²) in [5.74, 6) is 0. The summed E-state index contributed by atoms with van der Waals surface area (Å²) in [6, 6.07) is 73.8. The molecule has 0 unspecified atom stereocenters. The molecule has 0 spiro atoms. The number of para-hydroxylation sites is 2. The van der Waals surface area contributed by atoms with Crippen molar-refractivity contribution >= 4 is 71.6 Å². The molecule has 11 aromatic rings. The lowest BCUT2D eigenvalue weighted by Gasteiger charge is -2.27. The molecule has 0 aliphatic carbocycles. The van der Waals surface area contributed by atoms with Crippen molar-refractivity contribution in [1.29, 1.82) is 0 Å². The molecule has 0 aliphatic heterocycles. The smallest absolute Gasteiger partial charge is 0.137 e. The number of anilines is 3. The number of benzene rings is 9. The van der Waals surface area contributed by atoms with Crippen LogP contribution < -0.4 is 4.90 Å². The molecule has 0 atom stereocenters. The molecular formula is C52H34N2O. The number of aromatic nitrogens is 1. The Bertz CT molecular complexity index is 3180. The average Bonchev–Trinajstić information content (AvgIpc) is 3.81. The van der Waals surface area contributed by atoms with E-state index in [1.807, 2.05) is 0 Å². The summed E-state index contributed by atoms with van der Waals surface area (Å²) < 4.78 is 8.91. The fourth-order valence-corrected chi connectivity index (χ4v) is 8.43. The molecule has 258 valence electrons. The van der Waals surface area contributed by atoms with Gasteiger partial charge in [-0.3, -0.25) is 0 Å². The Hall–Kier alpha value is -7.36. The SMILES string of the molecule is c1ccc(-c2ccc(N(c3ccc(-c4ccc5c(c4)c4ccccc4n5-c4ccccc4)cc3)c3cccc4oc5ccc6ccccc6c5c34)cc2)cc1. The predicted octanol–water partition coefficient (Wildman–Crippen LogP) is 14.6. The highest BCUT2D eigenvalue weighted by Gasteiger charge is 2.21. The molecule has 3 heteroatoms. The minimum absolute atomic E-state index is 0.870. The van der Waals surface area contributed by atoms with Crippen LogP contribution in [0.25, 0.3) is 82.5 Å². The summed E-state index contributed by atoms with van der Waals surface area (Å²) in [7, 11) is 0. The lowest BCUT2D eigenvalue weighted by Crippen LogP contribution is -2.10. The largest absolute Gasteiger partial charge is 0.456 e.